The van der Waals surface area contributed by atoms with Crippen LogP contribution in [-0.2, 0) is 19.9 Å². The van der Waals surface area contributed by atoms with Crippen molar-refractivity contribution >= 4 is 30.6 Å². The third-order valence-corrected chi connectivity index (χ3v) is 5.01. The molecule has 1 aliphatic heterocycles. The number of hydrogen-bond acceptors (Lipinski definition) is 10. The van der Waals surface area contributed by atoms with Crippen LogP contribution in [0, 0.1) is 17.2 Å². The van der Waals surface area contributed by atoms with Gasteiger partial charge in [0.15, 0.2) is 11.9 Å². The van der Waals surface area contributed by atoms with Gasteiger partial charge in [-0.25, -0.2) is 9.50 Å². The van der Waals surface area contributed by atoms with Crippen LogP contribution in [0.25, 0.3) is 5.52 Å². The van der Waals surface area contributed by atoms with Gasteiger partial charge in [0.1, 0.15) is 44.0 Å². The first-order valence-corrected chi connectivity index (χ1v) is 8.90. The molecule has 3 rings (SSSR count). The van der Waals surface area contributed by atoms with Crippen molar-refractivity contribution in [2.45, 2.75) is 43.8 Å². The van der Waals surface area contributed by atoms with Crippen LogP contribution < -0.4 is 16.9 Å². The van der Waals surface area contributed by atoms with E-state index in [4.69, 9.17) is 28.8 Å². The van der Waals surface area contributed by atoms with Crippen LogP contribution in [0.4, 0.5) is 5.82 Å². The number of ether oxygens (including phenoxy) is 2. The van der Waals surface area contributed by atoms with Crippen LogP contribution in [-0.4, -0.2) is 69.6 Å². The number of rotatable bonds is 5. The molecule has 2 radical (unpaired) electrons. The Balaban J connectivity index is 2.06. The predicted molar refractivity (Wildman–Crippen MR) is 101 cm³/mol. The number of fused-ring (bicyclic) bond motifs is 1. The van der Waals surface area contributed by atoms with Crippen molar-refractivity contribution in [3.63, 3.8) is 0 Å². The van der Waals surface area contributed by atoms with E-state index >= 15 is 0 Å². The maximum Gasteiger partial charge on any atom is 0.323 e. The second-order valence-corrected chi connectivity index (χ2v) is 7.19. The minimum atomic E-state index is -2.04. The highest BCUT2D eigenvalue weighted by Crippen LogP contribution is 2.41. The lowest BCUT2D eigenvalue weighted by molar-refractivity contribution is -0.159. The number of nitriles is 1. The Morgan fingerprint density at radius 3 is 2.86 bits per heavy atom. The van der Waals surface area contributed by atoms with Crippen molar-refractivity contribution in [3.05, 3.63) is 18.1 Å². The maximum absolute atomic E-state index is 12.3. The summed E-state index contributed by atoms with van der Waals surface area (Å²) in [6, 6.07) is 2.32. The van der Waals surface area contributed by atoms with E-state index < -0.39 is 42.5 Å². The van der Waals surface area contributed by atoms with Crippen LogP contribution >= 0.6 is 0 Å². The summed E-state index contributed by atoms with van der Waals surface area (Å²) in [5.41, 5.74) is 10.0. The number of aromatic nitrogens is 3. The van der Waals surface area contributed by atoms with Crippen LogP contribution in [0.1, 0.15) is 19.5 Å². The van der Waals surface area contributed by atoms with Crippen molar-refractivity contribution < 1.29 is 24.5 Å². The minimum Gasteiger partial charge on any atom is -0.455 e. The molecule has 1 fully saturated rings. The molecule has 1 aliphatic rings. The van der Waals surface area contributed by atoms with Crippen molar-refractivity contribution in [3.8, 4) is 6.07 Å². The number of esters is 1. The molecule has 0 saturated carbocycles. The zero-order valence-electron chi connectivity index (χ0n) is 15.9. The SMILES string of the molecule is [B]c1cc([C@]2(C#N)O[C@H](CO)[C@@H](OC(=O)[C@@H](N)C(C)C)[C@H]2O)n2ncnc(N)c12. The van der Waals surface area contributed by atoms with Gasteiger partial charge in [0.25, 0.3) is 0 Å². The van der Waals surface area contributed by atoms with Crippen LogP contribution in [0.3, 0.4) is 0 Å². The molecule has 0 aromatic carbocycles. The summed E-state index contributed by atoms with van der Waals surface area (Å²) in [5.74, 6) is -0.941. The van der Waals surface area contributed by atoms with Gasteiger partial charge in [0.2, 0.25) is 5.60 Å². The Labute approximate surface area is 167 Å². The predicted octanol–water partition coefficient (Wildman–Crippen LogP) is -2.53. The van der Waals surface area contributed by atoms with Crippen molar-refractivity contribution in [1.82, 2.24) is 14.6 Å². The molecular formula is C17H21BN6O5. The normalized spacial score (nSPS) is 27.8. The topological polar surface area (TPSA) is 182 Å². The highest BCUT2D eigenvalue weighted by molar-refractivity contribution is 6.37. The molecule has 5 atom stereocenters. The first kappa shape index (κ1) is 21.0. The second-order valence-electron chi connectivity index (χ2n) is 7.19. The molecule has 3 heterocycles. The summed E-state index contributed by atoms with van der Waals surface area (Å²) >= 11 is 0. The van der Waals surface area contributed by atoms with Crippen molar-refractivity contribution in [1.29, 1.82) is 5.26 Å². The molecule has 2 aromatic heterocycles. The number of nitrogens with zero attached hydrogens (tertiary/aromatic N) is 4. The Kier molecular flexibility index (Phi) is 5.51. The number of nitrogens with two attached hydrogens (primary N) is 2. The number of nitrogen functional groups attached to an aromatic ring is 1. The quantitative estimate of drug-likeness (QED) is 0.308. The summed E-state index contributed by atoms with van der Waals surface area (Å²) in [7, 11) is 5.98. The van der Waals surface area contributed by atoms with E-state index in [1.54, 1.807) is 13.8 Å². The molecule has 152 valence electrons. The van der Waals surface area contributed by atoms with Crippen LogP contribution in [0.5, 0.6) is 0 Å². The van der Waals surface area contributed by atoms with Gasteiger partial charge in [-0.3, -0.25) is 4.79 Å². The number of carbonyl (C=O) groups excluding carboxylic acids is 1. The van der Waals surface area contributed by atoms with Gasteiger partial charge in [-0.2, -0.15) is 10.4 Å². The standard InChI is InChI=1S/C17H21BN6O5/c1-7(2)11(20)16(27)28-13-9(4-25)29-17(5-19,14(13)26)10-3-8(18)12-15(21)22-6-23-24(10)12/h3,6-7,9,11,13-14,25-26H,4,20H2,1-2H3,(H2,21,22,23)/t9-,11+,13-,14-,17+/m1/s1. The summed E-state index contributed by atoms with van der Waals surface area (Å²) in [4.78, 5) is 16.2. The monoisotopic (exact) mass is 400 g/mol. The van der Waals surface area contributed by atoms with Gasteiger partial charge in [-0.1, -0.05) is 19.3 Å². The second kappa shape index (κ2) is 7.60. The van der Waals surface area contributed by atoms with E-state index in [0.717, 1.165) is 6.33 Å². The molecular weight excluding hydrogens is 379 g/mol. The van der Waals surface area contributed by atoms with Gasteiger partial charge >= 0.3 is 5.97 Å². The summed E-state index contributed by atoms with van der Waals surface area (Å²) < 4.78 is 12.3. The molecule has 0 aliphatic carbocycles. The molecule has 29 heavy (non-hydrogen) atoms. The number of carbonyl (C=O) groups is 1. The van der Waals surface area contributed by atoms with E-state index in [2.05, 4.69) is 10.1 Å². The minimum absolute atomic E-state index is 0.0549. The van der Waals surface area contributed by atoms with Gasteiger partial charge in [-0.15, -0.1) is 0 Å². The Bertz CT molecular complexity index is 975. The van der Waals surface area contributed by atoms with E-state index in [0.29, 0.717) is 0 Å². The number of aliphatic hydroxyl groups excluding tert-OH is 2. The highest BCUT2D eigenvalue weighted by atomic mass is 16.6. The molecule has 1 saturated heterocycles. The number of hydrogen-bond donors (Lipinski definition) is 4. The molecule has 0 spiro atoms. The lowest BCUT2D eigenvalue weighted by atomic mass is 9.90. The number of anilines is 1. The fraction of sp³-hybridized carbons (Fsp3) is 0.529. The molecule has 0 amide bonds. The largest absolute Gasteiger partial charge is 0.455 e. The third kappa shape index (κ3) is 3.22. The molecule has 0 unspecified atom stereocenters. The van der Waals surface area contributed by atoms with E-state index in [1.165, 1.54) is 10.6 Å². The molecule has 2 aromatic rings. The summed E-state index contributed by atoms with van der Waals surface area (Å²) in [5, 5.41) is 34.6. The van der Waals surface area contributed by atoms with Crippen LogP contribution in [0.2, 0.25) is 0 Å². The fourth-order valence-corrected chi connectivity index (χ4v) is 3.30. The zero-order valence-corrected chi connectivity index (χ0v) is 15.9. The van der Waals surface area contributed by atoms with Gasteiger partial charge < -0.3 is 31.2 Å². The zero-order chi connectivity index (χ0) is 21.5. The first-order valence-electron chi connectivity index (χ1n) is 8.90. The maximum atomic E-state index is 12.3. The first-order chi connectivity index (χ1) is 13.7. The van der Waals surface area contributed by atoms with Gasteiger partial charge in [0, 0.05) is 0 Å². The lowest BCUT2D eigenvalue weighted by Gasteiger charge is -2.25. The Morgan fingerprint density at radius 1 is 1.59 bits per heavy atom. The smallest absolute Gasteiger partial charge is 0.323 e. The third-order valence-electron chi connectivity index (χ3n) is 5.01. The average Bonchev–Trinajstić information content (AvgIpc) is 3.17. The summed E-state index contributed by atoms with van der Waals surface area (Å²) in [6.07, 6.45) is -3.04. The van der Waals surface area contributed by atoms with E-state index in [1.807, 2.05) is 6.07 Å². The van der Waals surface area contributed by atoms with E-state index in [9.17, 15) is 20.3 Å². The Hall–Kier alpha value is -2.72. The van der Waals surface area contributed by atoms with Crippen LogP contribution in [0.15, 0.2) is 12.4 Å². The summed E-state index contributed by atoms with van der Waals surface area (Å²) in [6.45, 7) is 2.84. The fourth-order valence-electron chi connectivity index (χ4n) is 3.30. The Morgan fingerprint density at radius 2 is 2.28 bits per heavy atom. The molecule has 6 N–H and O–H groups in total. The average molecular weight is 400 g/mol. The van der Waals surface area contributed by atoms with Crippen molar-refractivity contribution in [2.75, 3.05) is 12.3 Å². The van der Waals surface area contributed by atoms with Gasteiger partial charge in [0.05, 0.1) is 12.3 Å². The van der Waals surface area contributed by atoms with Gasteiger partial charge in [-0.05, 0) is 12.0 Å². The van der Waals surface area contributed by atoms with Crippen molar-refractivity contribution in [2.24, 2.45) is 11.7 Å². The molecule has 0 bridgehead atoms. The number of aliphatic hydroxyl groups is 2. The molecule has 12 heteroatoms. The highest BCUT2D eigenvalue weighted by Gasteiger charge is 2.59. The lowest BCUT2D eigenvalue weighted by Crippen LogP contribution is -2.46. The molecule has 11 nitrogen and oxygen atoms in total. The van der Waals surface area contributed by atoms with E-state index in [-0.39, 0.29) is 28.4 Å².